The Bertz CT molecular complexity index is 284. The Hall–Kier alpha value is -0.360. The first-order chi connectivity index (χ1) is 9.56. The highest BCUT2D eigenvalue weighted by atomic mass is 35.5. The molecule has 5 nitrogen and oxygen atoms in total. The summed E-state index contributed by atoms with van der Waals surface area (Å²) in [5.74, 6) is -0.0880. The van der Waals surface area contributed by atoms with Crippen molar-refractivity contribution in [1.82, 2.24) is 5.32 Å². The van der Waals surface area contributed by atoms with Crippen LogP contribution in [0.1, 0.15) is 52.9 Å². The first-order valence-corrected chi connectivity index (χ1v) is 7.82. The van der Waals surface area contributed by atoms with Gasteiger partial charge >= 0.3 is 0 Å². The van der Waals surface area contributed by atoms with E-state index in [4.69, 9.17) is 15.2 Å². The lowest BCUT2D eigenvalue weighted by Crippen LogP contribution is -2.55. The van der Waals surface area contributed by atoms with Gasteiger partial charge in [0.15, 0.2) is 0 Å². The van der Waals surface area contributed by atoms with Crippen molar-refractivity contribution < 1.29 is 14.3 Å². The highest BCUT2D eigenvalue weighted by molar-refractivity contribution is 5.85. The van der Waals surface area contributed by atoms with Gasteiger partial charge in [0, 0.05) is 13.2 Å². The normalized spacial score (nSPS) is 20.5. The average Bonchev–Trinajstić information content (AvgIpc) is 2.51. The van der Waals surface area contributed by atoms with Crippen LogP contribution in [-0.4, -0.2) is 43.4 Å². The van der Waals surface area contributed by atoms with Gasteiger partial charge in [-0.15, -0.1) is 12.4 Å². The Morgan fingerprint density at radius 1 is 1.43 bits per heavy atom. The molecule has 6 heteroatoms. The number of nitrogens with two attached hydrogens (primary N) is 1. The summed E-state index contributed by atoms with van der Waals surface area (Å²) in [4.78, 5) is 12.2. The maximum absolute atomic E-state index is 12.2. The minimum atomic E-state index is -0.468. The number of carbonyl (C=O) groups is 1. The molecule has 1 heterocycles. The number of nitrogens with one attached hydrogen (secondary N) is 1. The summed E-state index contributed by atoms with van der Waals surface area (Å²) >= 11 is 0. The van der Waals surface area contributed by atoms with Gasteiger partial charge in [-0.2, -0.15) is 0 Å². The predicted octanol–water partition coefficient (Wildman–Crippen LogP) is 2.02. The topological polar surface area (TPSA) is 73.6 Å². The second-order valence-electron chi connectivity index (χ2n) is 5.64. The second kappa shape index (κ2) is 10.4. The zero-order chi connectivity index (χ0) is 15.0. The Balaban J connectivity index is 0.00000400. The molecule has 1 fully saturated rings. The Kier molecular flexibility index (Phi) is 10.2. The monoisotopic (exact) mass is 322 g/mol. The van der Waals surface area contributed by atoms with Crippen molar-refractivity contribution in [1.29, 1.82) is 0 Å². The summed E-state index contributed by atoms with van der Waals surface area (Å²) < 4.78 is 11.2. The number of hydrogen-bond acceptors (Lipinski definition) is 4. The molecule has 1 aliphatic heterocycles. The highest BCUT2D eigenvalue weighted by Crippen LogP contribution is 2.15. The van der Waals surface area contributed by atoms with Crippen molar-refractivity contribution in [2.75, 3.05) is 19.8 Å². The smallest absolute Gasteiger partial charge is 0.249 e. The third-order valence-electron chi connectivity index (χ3n) is 4.31. The molecule has 2 unspecified atom stereocenters. The fourth-order valence-corrected chi connectivity index (χ4v) is 2.40. The molecule has 1 aliphatic rings. The molecule has 1 rings (SSSR count). The molecular formula is C15H31ClN2O3. The van der Waals surface area contributed by atoms with Crippen LogP contribution in [0.2, 0.25) is 0 Å². The van der Waals surface area contributed by atoms with Gasteiger partial charge in [0.25, 0.3) is 0 Å². The van der Waals surface area contributed by atoms with Gasteiger partial charge in [-0.25, -0.2) is 0 Å². The zero-order valence-electron chi connectivity index (χ0n) is 13.5. The lowest BCUT2D eigenvalue weighted by molar-refractivity contribution is -0.137. The largest absolute Gasteiger partial charge is 0.376 e. The number of ether oxygens (including phenoxy) is 2. The van der Waals surface area contributed by atoms with Gasteiger partial charge in [-0.1, -0.05) is 13.8 Å². The van der Waals surface area contributed by atoms with Crippen LogP contribution in [-0.2, 0) is 14.3 Å². The number of amides is 1. The quantitative estimate of drug-likeness (QED) is 0.717. The van der Waals surface area contributed by atoms with Gasteiger partial charge < -0.3 is 20.5 Å². The van der Waals surface area contributed by atoms with Gasteiger partial charge in [-0.05, 0) is 39.0 Å². The summed E-state index contributed by atoms with van der Waals surface area (Å²) in [6.45, 7) is 7.60. The maximum Gasteiger partial charge on any atom is 0.249 e. The summed E-state index contributed by atoms with van der Waals surface area (Å²) in [6.07, 6.45) is 4.63. The number of halogens is 1. The van der Waals surface area contributed by atoms with Crippen molar-refractivity contribution in [3.05, 3.63) is 0 Å². The number of carbonyl (C=O) groups excluding carboxylic acids is 1. The molecule has 21 heavy (non-hydrogen) atoms. The van der Waals surface area contributed by atoms with Crippen molar-refractivity contribution in [2.45, 2.75) is 70.6 Å². The molecular weight excluding hydrogens is 292 g/mol. The van der Waals surface area contributed by atoms with Gasteiger partial charge in [0.05, 0.1) is 18.2 Å². The standard InChI is InChI=1S/C15H30N2O3.ClH/c1-4-15(5-2,11-16)17-14(18)12(3)20-10-13-8-6-7-9-19-13;/h12-13H,4-11,16H2,1-3H3,(H,17,18);1H. The minimum Gasteiger partial charge on any atom is -0.376 e. The average molecular weight is 323 g/mol. The fraction of sp³-hybridized carbons (Fsp3) is 0.933. The molecule has 0 bridgehead atoms. The van der Waals surface area contributed by atoms with E-state index < -0.39 is 6.10 Å². The van der Waals surface area contributed by atoms with E-state index in [0.29, 0.717) is 13.2 Å². The van der Waals surface area contributed by atoms with E-state index in [0.717, 1.165) is 32.3 Å². The fourth-order valence-electron chi connectivity index (χ4n) is 2.40. The summed E-state index contributed by atoms with van der Waals surface area (Å²) in [6, 6.07) is 0. The maximum atomic E-state index is 12.2. The molecule has 0 radical (unpaired) electrons. The van der Waals surface area contributed by atoms with Crippen molar-refractivity contribution in [3.63, 3.8) is 0 Å². The Morgan fingerprint density at radius 3 is 2.57 bits per heavy atom. The zero-order valence-corrected chi connectivity index (χ0v) is 14.3. The lowest BCUT2D eigenvalue weighted by Gasteiger charge is -2.33. The van der Waals surface area contributed by atoms with Crippen LogP contribution in [0.4, 0.5) is 0 Å². The second-order valence-corrected chi connectivity index (χ2v) is 5.64. The molecule has 0 saturated carbocycles. The molecule has 0 aromatic rings. The molecule has 0 aliphatic carbocycles. The third-order valence-corrected chi connectivity index (χ3v) is 4.31. The SMILES string of the molecule is CCC(CC)(CN)NC(=O)C(C)OCC1CCCCO1.Cl. The molecule has 126 valence electrons. The van der Waals surface area contributed by atoms with E-state index >= 15 is 0 Å². The highest BCUT2D eigenvalue weighted by Gasteiger charge is 2.29. The molecule has 2 atom stereocenters. The van der Waals surface area contributed by atoms with E-state index in [1.165, 1.54) is 6.42 Å². The van der Waals surface area contributed by atoms with Gasteiger partial charge in [-0.3, -0.25) is 4.79 Å². The van der Waals surface area contributed by atoms with E-state index in [-0.39, 0.29) is 30.0 Å². The van der Waals surface area contributed by atoms with Crippen molar-refractivity contribution >= 4 is 18.3 Å². The van der Waals surface area contributed by atoms with Crippen LogP contribution in [0.15, 0.2) is 0 Å². The lowest BCUT2D eigenvalue weighted by atomic mass is 9.92. The van der Waals surface area contributed by atoms with Gasteiger partial charge in [0.1, 0.15) is 6.10 Å². The predicted molar refractivity (Wildman–Crippen MR) is 86.8 cm³/mol. The van der Waals surface area contributed by atoms with Gasteiger partial charge in [0.2, 0.25) is 5.91 Å². The third kappa shape index (κ3) is 6.51. The molecule has 1 saturated heterocycles. The first-order valence-electron chi connectivity index (χ1n) is 7.82. The van der Waals surface area contributed by atoms with Crippen LogP contribution in [0, 0.1) is 0 Å². The molecule has 1 amide bonds. The first kappa shape index (κ1) is 20.6. The molecule has 0 spiro atoms. The summed E-state index contributed by atoms with van der Waals surface area (Å²) in [5, 5.41) is 3.04. The van der Waals surface area contributed by atoms with E-state index in [1.54, 1.807) is 6.92 Å². The molecule has 0 aromatic carbocycles. The minimum absolute atomic E-state index is 0. The van der Waals surface area contributed by atoms with Crippen LogP contribution >= 0.6 is 12.4 Å². The van der Waals surface area contributed by atoms with E-state index in [1.807, 2.05) is 13.8 Å². The molecule has 3 N–H and O–H groups in total. The van der Waals surface area contributed by atoms with Crippen LogP contribution in [0.25, 0.3) is 0 Å². The summed E-state index contributed by atoms with van der Waals surface area (Å²) in [5.41, 5.74) is 5.48. The van der Waals surface area contributed by atoms with Crippen LogP contribution in [0.3, 0.4) is 0 Å². The van der Waals surface area contributed by atoms with E-state index in [9.17, 15) is 4.79 Å². The van der Waals surface area contributed by atoms with Crippen LogP contribution < -0.4 is 11.1 Å². The number of hydrogen-bond donors (Lipinski definition) is 2. The Labute approximate surface area is 134 Å². The van der Waals surface area contributed by atoms with Crippen molar-refractivity contribution in [2.24, 2.45) is 5.73 Å². The Morgan fingerprint density at radius 2 is 2.10 bits per heavy atom. The summed E-state index contributed by atoms with van der Waals surface area (Å²) in [7, 11) is 0. The van der Waals surface area contributed by atoms with Crippen molar-refractivity contribution in [3.8, 4) is 0 Å². The number of rotatable bonds is 8. The van der Waals surface area contributed by atoms with E-state index in [2.05, 4.69) is 5.32 Å². The van der Waals surface area contributed by atoms with Crippen LogP contribution in [0.5, 0.6) is 0 Å². The molecule has 0 aromatic heterocycles.